The van der Waals surface area contributed by atoms with Crippen LogP contribution >= 0.6 is 0 Å². The topological polar surface area (TPSA) is 43.9 Å². The molecule has 1 fully saturated rings. The maximum Gasteiger partial charge on any atom is 0.281 e. The highest BCUT2D eigenvalue weighted by Crippen LogP contribution is 2.25. The molecule has 2 aromatic carbocycles. The number of imide groups is 1. The van der Waals surface area contributed by atoms with Crippen LogP contribution in [-0.2, 0) is 9.59 Å². The van der Waals surface area contributed by atoms with Crippen molar-refractivity contribution in [3.63, 3.8) is 0 Å². The predicted molar refractivity (Wildman–Crippen MR) is 110 cm³/mol. The third-order valence-electron chi connectivity index (χ3n) is 5.17. The molecule has 0 saturated carbocycles. The van der Waals surface area contributed by atoms with Crippen LogP contribution < -0.4 is 4.90 Å². The fourth-order valence-corrected chi connectivity index (χ4v) is 3.59. The van der Waals surface area contributed by atoms with Crippen molar-refractivity contribution in [1.29, 1.82) is 0 Å². The van der Waals surface area contributed by atoms with Crippen LogP contribution in [-0.4, -0.2) is 54.3 Å². The smallest absolute Gasteiger partial charge is 0.281 e. The van der Waals surface area contributed by atoms with Crippen LogP contribution in [0.15, 0.2) is 72.4 Å². The molecule has 2 aliphatic heterocycles. The summed E-state index contributed by atoms with van der Waals surface area (Å²) in [6.07, 6.45) is 5.63. The number of halogens is 1. The van der Waals surface area contributed by atoms with Crippen LogP contribution in [0.25, 0.3) is 6.08 Å². The SMILES string of the molecule is O=C1C=C(N2CCN(C/C=C/c3ccccc3)CC2)C(=O)N1c1ccc(F)cc1. The zero-order valence-corrected chi connectivity index (χ0v) is 16.0. The summed E-state index contributed by atoms with van der Waals surface area (Å²) in [6.45, 7) is 3.84. The lowest BCUT2D eigenvalue weighted by Crippen LogP contribution is -2.47. The van der Waals surface area contributed by atoms with Crippen LogP contribution in [0, 0.1) is 5.82 Å². The van der Waals surface area contributed by atoms with E-state index in [1.54, 1.807) is 0 Å². The summed E-state index contributed by atoms with van der Waals surface area (Å²) in [5.41, 5.74) is 1.98. The molecule has 0 bridgehead atoms. The summed E-state index contributed by atoms with van der Waals surface area (Å²) in [5, 5.41) is 0. The molecule has 148 valence electrons. The van der Waals surface area contributed by atoms with E-state index in [2.05, 4.69) is 29.2 Å². The van der Waals surface area contributed by atoms with E-state index in [1.807, 2.05) is 23.1 Å². The molecule has 0 aromatic heterocycles. The molecule has 6 heteroatoms. The minimum absolute atomic E-state index is 0.348. The number of benzene rings is 2. The van der Waals surface area contributed by atoms with Gasteiger partial charge in [-0.1, -0.05) is 42.5 Å². The van der Waals surface area contributed by atoms with Crippen LogP contribution in [0.3, 0.4) is 0 Å². The monoisotopic (exact) mass is 391 g/mol. The summed E-state index contributed by atoms with van der Waals surface area (Å²) in [4.78, 5) is 30.5. The van der Waals surface area contributed by atoms with Crippen molar-refractivity contribution in [3.05, 3.63) is 83.8 Å². The molecule has 0 aliphatic carbocycles. The highest BCUT2D eigenvalue weighted by molar-refractivity contribution is 6.30. The lowest BCUT2D eigenvalue weighted by atomic mass is 10.2. The van der Waals surface area contributed by atoms with Gasteiger partial charge in [0.05, 0.1) is 5.69 Å². The van der Waals surface area contributed by atoms with E-state index in [9.17, 15) is 14.0 Å². The molecule has 1 saturated heterocycles. The Balaban J connectivity index is 1.33. The molecule has 4 rings (SSSR count). The van der Waals surface area contributed by atoms with E-state index in [0.717, 1.165) is 24.5 Å². The number of amides is 2. The second kappa shape index (κ2) is 8.41. The molecular weight excluding hydrogens is 369 g/mol. The fraction of sp³-hybridized carbons (Fsp3) is 0.217. The first-order valence-electron chi connectivity index (χ1n) is 9.66. The van der Waals surface area contributed by atoms with E-state index < -0.39 is 5.82 Å². The number of anilines is 1. The largest absolute Gasteiger partial charge is 0.364 e. The summed E-state index contributed by atoms with van der Waals surface area (Å²) in [7, 11) is 0. The minimum atomic E-state index is -0.404. The van der Waals surface area contributed by atoms with E-state index >= 15 is 0 Å². The zero-order valence-electron chi connectivity index (χ0n) is 16.0. The zero-order chi connectivity index (χ0) is 20.2. The number of piperazine rings is 1. The van der Waals surface area contributed by atoms with Crippen LogP contribution in [0.2, 0.25) is 0 Å². The quantitative estimate of drug-likeness (QED) is 0.736. The Labute approximate surface area is 169 Å². The van der Waals surface area contributed by atoms with Gasteiger partial charge in [-0.05, 0) is 29.8 Å². The predicted octanol–water partition coefficient (Wildman–Crippen LogP) is 2.91. The van der Waals surface area contributed by atoms with Crippen molar-refractivity contribution in [3.8, 4) is 0 Å². The van der Waals surface area contributed by atoms with Gasteiger partial charge in [-0.2, -0.15) is 0 Å². The van der Waals surface area contributed by atoms with Gasteiger partial charge in [-0.15, -0.1) is 0 Å². The van der Waals surface area contributed by atoms with Crippen molar-refractivity contribution < 1.29 is 14.0 Å². The number of carbonyl (C=O) groups excluding carboxylic acids is 2. The normalized spacial score (nSPS) is 18.0. The van der Waals surface area contributed by atoms with E-state index in [0.29, 0.717) is 24.5 Å². The molecule has 29 heavy (non-hydrogen) atoms. The van der Waals surface area contributed by atoms with Gasteiger partial charge in [-0.3, -0.25) is 14.5 Å². The number of carbonyl (C=O) groups is 2. The third-order valence-corrected chi connectivity index (χ3v) is 5.17. The first-order chi connectivity index (χ1) is 14.1. The Morgan fingerprint density at radius 2 is 1.59 bits per heavy atom. The van der Waals surface area contributed by atoms with Crippen LogP contribution in [0.1, 0.15) is 5.56 Å². The number of rotatable bonds is 5. The molecule has 0 N–H and O–H groups in total. The summed E-state index contributed by atoms with van der Waals surface area (Å²) < 4.78 is 13.1. The number of nitrogens with zero attached hydrogens (tertiary/aromatic N) is 3. The van der Waals surface area contributed by atoms with Gasteiger partial charge in [0.1, 0.15) is 11.5 Å². The van der Waals surface area contributed by atoms with Crippen LogP contribution in [0.4, 0.5) is 10.1 Å². The van der Waals surface area contributed by atoms with E-state index in [4.69, 9.17) is 0 Å². The first kappa shape index (κ1) is 19.1. The Hall–Kier alpha value is -3.25. The molecule has 0 spiro atoms. The van der Waals surface area contributed by atoms with Crippen molar-refractivity contribution in [2.24, 2.45) is 0 Å². The minimum Gasteiger partial charge on any atom is -0.364 e. The lowest BCUT2D eigenvalue weighted by molar-refractivity contribution is -0.121. The molecule has 2 heterocycles. The standard InChI is InChI=1S/C23H22FN3O2/c24-19-8-10-20(11-9-19)27-22(28)17-21(23(27)29)26-15-13-25(14-16-26)12-4-7-18-5-2-1-3-6-18/h1-11,17H,12-16H2/b7-4+. The van der Waals surface area contributed by atoms with Crippen molar-refractivity contribution in [1.82, 2.24) is 9.80 Å². The number of hydrogen-bond donors (Lipinski definition) is 0. The molecule has 2 amide bonds. The second-order valence-electron chi connectivity index (χ2n) is 7.09. The third kappa shape index (κ3) is 4.27. The summed E-state index contributed by atoms with van der Waals surface area (Å²) in [6, 6.07) is 15.5. The highest BCUT2D eigenvalue weighted by atomic mass is 19.1. The average Bonchev–Trinajstić information content (AvgIpc) is 3.04. The van der Waals surface area contributed by atoms with Crippen molar-refractivity contribution in [2.75, 3.05) is 37.6 Å². The molecule has 5 nitrogen and oxygen atoms in total. The molecule has 2 aromatic rings. The Kier molecular flexibility index (Phi) is 5.53. The van der Waals surface area contributed by atoms with Crippen molar-refractivity contribution in [2.45, 2.75) is 0 Å². The van der Waals surface area contributed by atoms with Gasteiger partial charge in [0.25, 0.3) is 11.8 Å². The maximum absolute atomic E-state index is 13.1. The Morgan fingerprint density at radius 1 is 0.897 bits per heavy atom. The maximum atomic E-state index is 13.1. The van der Waals surface area contributed by atoms with E-state index in [1.165, 1.54) is 35.9 Å². The van der Waals surface area contributed by atoms with Crippen molar-refractivity contribution >= 4 is 23.6 Å². The van der Waals surface area contributed by atoms with Gasteiger partial charge in [0, 0.05) is 38.8 Å². The van der Waals surface area contributed by atoms with Crippen LogP contribution in [0.5, 0.6) is 0 Å². The first-order valence-corrected chi connectivity index (χ1v) is 9.66. The summed E-state index contributed by atoms with van der Waals surface area (Å²) in [5.74, 6) is -1.14. The van der Waals surface area contributed by atoms with Gasteiger partial charge in [0.2, 0.25) is 0 Å². The number of hydrogen-bond acceptors (Lipinski definition) is 4. The summed E-state index contributed by atoms with van der Waals surface area (Å²) >= 11 is 0. The van der Waals surface area contributed by atoms with Gasteiger partial charge < -0.3 is 4.90 Å². The molecule has 0 unspecified atom stereocenters. The fourth-order valence-electron chi connectivity index (χ4n) is 3.59. The Morgan fingerprint density at radius 3 is 2.28 bits per heavy atom. The lowest BCUT2D eigenvalue weighted by Gasteiger charge is -2.35. The molecule has 0 atom stereocenters. The molecule has 0 radical (unpaired) electrons. The molecule has 2 aliphatic rings. The van der Waals surface area contributed by atoms with Gasteiger partial charge in [-0.25, -0.2) is 9.29 Å². The highest BCUT2D eigenvalue weighted by Gasteiger charge is 2.36. The molecular formula is C23H22FN3O2. The Bertz CT molecular complexity index is 946. The second-order valence-corrected chi connectivity index (χ2v) is 7.09. The van der Waals surface area contributed by atoms with E-state index in [-0.39, 0.29) is 11.8 Å². The van der Waals surface area contributed by atoms with Gasteiger partial charge in [0.15, 0.2) is 0 Å². The van der Waals surface area contributed by atoms with Gasteiger partial charge >= 0.3 is 0 Å². The average molecular weight is 391 g/mol.